The maximum atomic E-state index is 13.7. The molecule has 14 heteroatoms. The van der Waals surface area contributed by atoms with Gasteiger partial charge < -0.3 is 25.4 Å². The van der Waals surface area contributed by atoms with Crippen molar-refractivity contribution in [2.24, 2.45) is 32.7 Å². The first-order valence-corrected chi connectivity index (χ1v) is 16.4. The number of cyclic esters (lactones) is 1. The van der Waals surface area contributed by atoms with Gasteiger partial charge in [0, 0.05) is 35.6 Å². The summed E-state index contributed by atoms with van der Waals surface area (Å²) in [4.78, 5) is 56.3. The van der Waals surface area contributed by atoms with Gasteiger partial charge in [-0.25, -0.2) is 29.5 Å². The maximum absolute atomic E-state index is 13.7. The van der Waals surface area contributed by atoms with Gasteiger partial charge in [0.1, 0.15) is 11.3 Å². The summed E-state index contributed by atoms with van der Waals surface area (Å²) in [5.41, 5.74) is 6.00. The third-order valence-corrected chi connectivity index (χ3v) is 10.6. The van der Waals surface area contributed by atoms with Crippen molar-refractivity contribution in [3.05, 3.63) is 47.5 Å². The smallest absolute Gasteiger partial charge is 0.342 e. The minimum absolute atomic E-state index is 0.00410. The van der Waals surface area contributed by atoms with E-state index in [0.29, 0.717) is 32.2 Å². The molecule has 2 aliphatic heterocycles. The predicted octanol–water partition coefficient (Wildman–Crippen LogP) is 1.85. The standard InChI is InChI=1S/C34H45N7O7/c1-6-47-30(46)27(20-15-38-31(35)39-16-20)24-13-21(29(45)48-24)23(40-19(3)28(44)41-32-36-11-12-37-32)14-22-18(2)7-8-25-33(22,4)10-9-26(43)34(25,5)17-42/h11,13,15-16,19,22-23,25-26,40,42-43H,2,6-10,12,14,17H2,1,3-5H3,(H2,35,38,39)(H,37,41,44)/b27-24-/t19?,22?,23?,25?,26-,33-,34+/m1/s1. The molecule has 2 fully saturated rings. The van der Waals surface area contributed by atoms with E-state index < -0.39 is 41.4 Å². The lowest BCUT2D eigenvalue weighted by Crippen LogP contribution is -2.58. The molecule has 7 atom stereocenters. The first-order chi connectivity index (χ1) is 22.8. The first kappa shape index (κ1) is 35.0. The molecule has 14 nitrogen and oxygen atoms in total. The van der Waals surface area contributed by atoms with E-state index in [-0.39, 0.29) is 64.8 Å². The molecular formula is C34H45N7O7. The van der Waals surface area contributed by atoms with Crippen LogP contribution in [0.3, 0.4) is 0 Å². The van der Waals surface area contributed by atoms with Gasteiger partial charge in [-0.1, -0.05) is 26.0 Å². The van der Waals surface area contributed by atoms with Crippen molar-refractivity contribution in [3.8, 4) is 0 Å². The summed E-state index contributed by atoms with van der Waals surface area (Å²) in [5, 5.41) is 27.5. The van der Waals surface area contributed by atoms with Gasteiger partial charge in [0.05, 0.1) is 37.5 Å². The van der Waals surface area contributed by atoms with Gasteiger partial charge in [-0.3, -0.25) is 15.4 Å². The minimum Gasteiger partial charge on any atom is -0.462 e. The number of fused-ring (bicyclic) bond motifs is 1. The van der Waals surface area contributed by atoms with Crippen molar-refractivity contribution >= 4 is 41.5 Å². The van der Waals surface area contributed by atoms with E-state index in [1.54, 1.807) is 20.1 Å². The molecule has 0 radical (unpaired) electrons. The number of aliphatic imine (C=N–C) groups is 2. The molecule has 2 aliphatic carbocycles. The summed E-state index contributed by atoms with van der Waals surface area (Å²) in [6.45, 7) is 12.2. The number of hydrogen-bond donors (Lipinski definition) is 5. The Hall–Kier alpha value is -4.27. The van der Waals surface area contributed by atoms with Crippen molar-refractivity contribution in [2.45, 2.75) is 78.0 Å². The van der Waals surface area contributed by atoms with Crippen molar-refractivity contribution < 1.29 is 34.1 Å². The van der Waals surface area contributed by atoms with Gasteiger partial charge in [-0.05, 0) is 69.3 Å². The molecule has 5 rings (SSSR count). The van der Waals surface area contributed by atoms with Crippen LogP contribution in [-0.2, 0) is 23.9 Å². The van der Waals surface area contributed by atoms with E-state index in [4.69, 9.17) is 15.2 Å². The van der Waals surface area contributed by atoms with Gasteiger partial charge in [-0.2, -0.15) is 0 Å². The number of nitrogens with one attached hydrogen (secondary N) is 2. The van der Waals surface area contributed by atoms with E-state index in [1.165, 1.54) is 18.5 Å². The molecule has 1 amide bonds. The summed E-state index contributed by atoms with van der Waals surface area (Å²) in [6.07, 6.45) is 8.14. The van der Waals surface area contributed by atoms with Gasteiger partial charge in [0.2, 0.25) is 17.8 Å². The number of hydrogen-bond acceptors (Lipinski definition) is 13. The normalized spacial score (nSPS) is 30.5. The maximum Gasteiger partial charge on any atom is 0.342 e. The lowest BCUT2D eigenvalue weighted by molar-refractivity contribution is -0.153. The largest absolute Gasteiger partial charge is 0.462 e. The fourth-order valence-corrected chi connectivity index (χ4v) is 7.90. The van der Waals surface area contributed by atoms with E-state index in [2.05, 4.69) is 44.1 Å². The second-order valence-electron chi connectivity index (χ2n) is 13.4. The number of aliphatic hydroxyl groups is 2. The number of anilines is 1. The van der Waals surface area contributed by atoms with Crippen molar-refractivity contribution in [1.82, 2.24) is 20.6 Å². The second kappa shape index (κ2) is 14.1. The Balaban J connectivity index is 1.55. The van der Waals surface area contributed by atoms with Crippen molar-refractivity contribution in [1.29, 1.82) is 0 Å². The van der Waals surface area contributed by atoms with Gasteiger partial charge >= 0.3 is 11.9 Å². The van der Waals surface area contributed by atoms with Crippen molar-refractivity contribution in [2.75, 3.05) is 25.5 Å². The zero-order valence-corrected chi connectivity index (χ0v) is 27.9. The summed E-state index contributed by atoms with van der Waals surface area (Å²) in [5.74, 6) is -1.82. The van der Waals surface area contributed by atoms with Crippen LogP contribution >= 0.6 is 0 Å². The zero-order chi connectivity index (χ0) is 34.8. The Morgan fingerprint density at radius 2 is 1.98 bits per heavy atom. The van der Waals surface area contributed by atoms with Gasteiger partial charge in [0.25, 0.3) is 0 Å². The van der Waals surface area contributed by atoms with Crippen LogP contribution in [0, 0.1) is 22.7 Å². The number of esters is 2. The van der Waals surface area contributed by atoms with Crippen LogP contribution in [0.25, 0.3) is 5.57 Å². The monoisotopic (exact) mass is 663 g/mol. The number of amides is 1. The molecule has 0 bridgehead atoms. The molecule has 0 spiro atoms. The molecule has 0 aromatic carbocycles. The number of aromatic nitrogens is 2. The molecule has 1 aromatic heterocycles. The highest BCUT2D eigenvalue weighted by molar-refractivity contribution is 6.18. The van der Waals surface area contributed by atoms with E-state index in [9.17, 15) is 24.6 Å². The average Bonchev–Trinajstić information content (AvgIpc) is 3.71. The van der Waals surface area contributed by atoms with Crippen LogP contribution in [0.4, 0.5) is 5.95 Å². The quantitative estimate of drug-likeness (QED) is 0.139. The molecule has 4 aliphatic rings. The number of nitrogens with zero attached hydrogens (tertiary/aromatic N) is 4. The summed E-state index contributed by atoms with van der Waals surface area (Å²) in [6, 6.07) is -1.54. The van der Waals surface area contributed by atoms with E-state index >= 15 is 0 Å². The van der Waals surface area contributed by atoms with Crippen LogP contribution < -0.4 is 16.4 Å². The van der Waals surface area contributed by atoms with Crippen LogP contribution in [0.5, 0.6) is 0 Å². The third-order valence-electron chi connectivity index (χ3n) is 10.6. The molecule has 3 heterocycles. The second-order valence-corrected chi connectivity index (χ2v) is 13.4. The highest BCUT2D eigenvalue weighted by Gasteiger charge is 2.58. The number of aliphatic hydroxyl groups excluding tert-OH is 2. The van der Waals surface area contributed by atoms with Gasteiger partial charge in [-0.15, -0.1) is 0 Å². The molecule has 1 aromatic rings. The molecule has 2 saturated carbocycles. The predicted molar refractivity (Wildman–Crippen MR) is 178 cm³/mol. The van der Waals surface area contributed by atoms with Crippen molar-refractivity contribution in [3.63, 3.8) is 0 Å². The topological polar surface area (TPSA) is 211 Å². The third kappa shape index (κ3) is 6.69. The van der Waals surface area contributed by atoms with Crippen LogP contribution in [0.2, 0.25) is 0 Å². The van der Waals surface area contributed by atoms with Gasteiger partial charge in [0.15, 0.2) is 0 Å². The number of ether oxygens (including phenoxy) is 2. The highest BCUT2D eigenvalue weighted by atomic mass is 16.6. The fourth-order valence-electron chi connectivity index (χ4n) is 7.90. The Morgan fingerprint density at radius 1 is 1.25 bits per heavy atom. The SMILES string of the molecule is C=C1CCC2[C@](C)(CC[C@@H](O)[C@@]2(C)CO)C1CC(NC(C)C(=O)NC1=NCC=N1)C1=C/C(=C(/C(=O)OCC)c2cnc(N)nc2)OC1=O. The number of carbonyl (C=O) groups is 3. The Kier molecular flexibility index (Phi) is 10.3. The summed E-state index contributed by atoms with van der Waals surface area (Å²) in [7, 11) is 0. The lowest BCUT2D eigenvalue weighted by Gasteiger charge is -2.60. The molecule has 4 unspecified atom stereocenters. The Labute approximate surface area is 279 Å². The number of guanidine groups is 1. The highest BCUT2D eigenvalue weighted by Crippen LogP contribution is 2.62. The summed E-state index contributed by atoms with van der Waals surface area (Å²) >= 11 is 0. The Bertz CT molecular complexity index is 1590. The average molecular weight is 664 g/mol. The number of carbonyl (C=O) groups excluding carboxylic acids is 3. The molecule has 6 N–H and O–H groups in total. The van der Waals surface area contributed by atoms with E-state index in [1.807, 2.05) is 6.92 Å². The Morgan fingerprint density at radius 3 is 2.62 bits per heavy atom. The van der Waals surface area contributed by atoms with Crippen LogP contribution in [-0.4, -0.2) is 88.1 Å². The lowest BCUT2D eigenvalue weighted by atomic mass is 9.46. The number of allylic oxidation sites excluding steroid dienone is 2. The van der Waals surface area contributed by atoms with Crippen LogP contribution in [0.1, 0.15) is 65.4 Å². The minimum atomic E-state index is -0.804. The molecule has 0 saturated heterocycles. The zero-order valence-electron chi connectivity index (χ0n) is 27.9. The fraction of sp³-hybridized carbons (Fsp3) is 0.559. The number of rotatable bonds is 10. The molecular weight excluding hydrogens is 618 g/mol. The van der Waals surface area contributed by atoms with E-state index in [0.717, 1.165) is 12.0 Å². The first-order valence-electron chi connectivity index (χ1n) is 16.4. The molecule has 48 heavy (non-hydrogen) atoms. The molecule has 258 valence electrons. The number of nitrogens with two attached hydrogens (primary N) is 1. The van der Waals surface area contributed by atoms with Crippen LogP contribution in [0.15, 0.2) is 51.9 Å². The number of nitrogen functional groups attached to an aromatic ring is 1. The summed E-state index contributed by atoms with van der Waals surface area (Å²) < 4.78 is 11.0.